The Hall–Kier alpha value is -1.90. The average Bonchev–Trinajstić information content (AvgIpc) is 3.11. The number of rotatable bonds is 2. The first-order chi connectivity index (χ1) is 11.0. The lowest BCUT2D eigenvalue weighted by molar-refractivity contribution is -0.146. The lowest BCUT2D eigenvalue weighted by atomic mass is 9.99. The highest BCUT2D eigenvalue weighted by atomic mass is 19.4. The number of hydrogen-bond acceptors (Lipinski definition) is 5. The summed E-state index contributed by atoms with van der Waals surface area (Å²) in [6.07, 6.45) is -0.0316. The number of halogens is 3. The van der Waals surface area contributed by atoms with Gasteiger partial charge in [-0.05, 0) is 37.9 Å². The van der Waals surface area contributed by atoms with Crippen molar-refractivity contribution in [1.29, 1.82) is 0 Å². The van der Waals surface area contributed by atoms with Crippen molar-refractivity contribution in [1.82, 2.24) is 24.7 Å². The maximum Gasteiger partial charge on any atom is 0.453 e. The van der Waals surface area contributed by atoms with Gasteiger partial charge in [0.25, 0.3) is 5.82 Å². The SMILES string of the molecule is FC(F)(F)c1nnc2ccc(N[C@@H]3CCN4CCCC[C@@H]34)nn12. The van der Waals surface area contributed by atoms with Gasteiger partial charge in [0.2, 0.25) is 0 Å². The molecule has 4 heterocycles. The lowest BCUT2D eigenvalue weighted by Gasteiger charge is -2.32. The van der Waals surface area contributed by atoms with Crippen LogP contribution in [0.2, 0.25) is 0 Å². The number of anilines is 1. The van der Waals surface area contributed by atoms with Gasteiger partial charge in [-0.3, -0.25) is 4.90 Å². The topological polar surface area (TPSA) is 58.4 Å². The molecule has 4 rings (SSSR count). The van der Waals surface area contributed by atoms with Gasteiger partial charge in [0.15, 0.2) is 5.65 Å². The molecule has 0 aliphatic carbocycles. The van der Waals surface area contributed by atoms with Crippen molar-refractivity contribution >= 4 is 11.5 Å². The van der Waals surface area contributed by atoms with E-state index in [4.69, 9.17) is 0 Å². The first kappa shape index (κ1) is 14.7. The maximum absolute atomic E-state index is 12.9. The molecule has 2 saturated heterocycles. The number of piperidine rings is 1. The van der Waals surface area contributed by atoms with E-state index >= 15 is 0 Å². The van der Waals surface area contributed by atoms with Gasteiger partial charge in [-0.1, -0.05) is 6.42 Å². The van der Waals surface area contributed by atoms with Gasteiger partial charge in [-0.25, -0.2) is 0 Å². The fourth-order valence-corrected chi connectivity index (χ4v) is 3.65. The van der Waals surface area contributed by atoms with E-state index < -0.39 is 12.0 Å². The van der Waals surface area contributed by atoms with Gasteiger partial charge in [0, 0.05) is 18.6 Å². The van der Waals surface area contributed by atoms with Gasteiger partial charge >= 0.3 is 6.18 Å². The fourth-order valence-electron chi connectivity index (χ4n) is 3.65. The summed E-state index contributed by atoms with van der Waals surface area (Å²) < 4.78 is 39.5. The van der Waals surface area contributed by atoms with Gasteiger partial charge in [-0.2, -0.15) is 17.7 Å². The number of aromatic nitrogens is 4. The predicted octanol–water partition coefficient (Wildman–Crippen LogP) is 2.18. The molecule has 1 N–H and O–H groups in total. The molecule has 0 bridgehead atoms. The summed E-state index contributed by atoms with van der Waals surface area (Å²) in [6, 6.07) is 3.84. The Morgan fingerprint density at radius 3 is 2.78 bits per heavy atom. The molecule has 124 valence electrons. The van der Waals surface area contributed by atoms with E-state index in [2.05, 4.69) is 25.5 Å². The summed E-state index contributed by atoms with van der Waals surface area (Å²) in [5.41, 5.74) is 0.0913. The maximum atomic E-state index is 12.9. The van der Waals surface area contributed by atoms with Crippen molar-refractivity contribution in [3.8, 4) is 0 Å². The molecule has 2 aromatic rings. The van der Waals surface area contributed by atoms with Crippen LogP contribution in [-0.4, -0.2) is 49.9 Å². The van der Waals surface area contributed by atoms with E-state index in [0.717, 1.165) is 30.4 Å². The molecule has 2 aromatic heterocycles. The molecule has 6 nitrogen and oxygen atoms in total. The van der Waals surface area contributed by atoms with Gasteiger partial charge in [0.1, 0.15) is 5.82 Å². The average molecular weight is 326 g/mol. The first-order valence-electron chi connectivity index (χ1n) is 7.82. The molecule has 23 heavy (non-hydrogen) atoms. The zero-order valence-corrected chi connectivity index (χ0v) is 12.4. The number of fused-ring (bicyclic) bond motifs is 2. The molecule has 0 saturated carbocycles. The molecule has 2 aliphatic rings. The third-order valence-corrected chi connectivity index (χ3v) is 4.71. The smallest absolute Gasteiger partial charge is 0.364 e. The number of nitrogens with zero attached hydrogens (tertiary/aromatic N) is 5. The Kier molecular flexibility index (Phi) is 3.40. The molecule has 0 amide bonds. The molecule has 0 aromatic carbocycles. The molecule has 2 fully saturated rings. The third kappa shape index (κ3) is 2.62. The Labute approximate surface area is 130 Å². The van der Waals surface area contributed by atoms with Gasteiger partial charge in [-0.15, -0.1) is 15.3 Å². The van der Waals surface area contributed by atoms with Crippen molar-refractivity contribution in [2.45, 2.75) is 43.9 Å². The zero-order valence-electron chi connectivity index (χ0n) is 12.4. The van der Waals surface area contributed by atoms with Crippen LogP contribution in [0.4, 0.5) is 19.0 Å². The second-order valence-corrected chi connectivity index (χ2v) is 6.15. The van der Waals surface area contributed by atoms with Gasteiger partial charge < -0.3 is 5.32 Å². The highest BCUT2D eigenvalue weighted by molar-refractivity contribution is 5.45. The van der Waals surface area contributed by atoms with E-state index in [9.17, 15) is 13.2 Å². The molecule has 2 aliphatic heterocycles. The Balaban J connectivity index is 1.60. The van der Waals surface area contributed by atoms with Crippen LogP contribution < -0.4 is 5.32 Å². The fraction of sp³-hybridized carbons (Fsp3) is 0.643. The Bertz CT molecular complexity index is 712. The van der Waals surface area contributed by atoms with Crippen molar-refractivity contribution in [3.63, 3.8) is 0 Å². The van der Waals surface area contributed by atoms with E-state index in [1.165, 1.54) is 18.9 Å². The Morgan fingerprint density at radius 1 is 1.09 bits per heavy atom. The summed E-state index contributed by atoms with van der Waals surface area (Å²) in [5.74, 6) is -0.665. The van der Waals surface area contributed by atoms with E-state index in [-0.39, 0.29) is 11.7 Å². The number of alkyl halides is 3. The molecule has 0 spiro atoms. The normalized spacial score (nSPS) is 25.7. The van der Waals surface area contributed by atoms with Crippen molar-refractivity contribution in [2.24, 2.45) is 0 Å². The van der Waals surface area contributed by atoms with Crippen molar-refractivity contribution < 1.29 is 13.2 Å². The summed E-state index contributed by atoms with van der Waals surface area (Å²) in [7, 11) is 0. The molecule has 0 radical (unpaired) electrons. The second kappa shape index (κ2) is 5.33. The van der Waals surface area contributed by atoms with E-state index in [1.807, 2.05) is 0 Å². The summed E-state index contributed by atoms with van der Waals surface area (Å²) in [4.78, 5) is 2.46. The van der Waals surface area contributed by atoms with Gasteiger partial charge in [0.05, 0.1) is 0 Å². The minimum atomic E-state index is -4.57. The highest BCUT2D eigenvalue weighted by Crippen LogP contribution is 2.30. The lowest BCUT2D eigenvalue weighted by Crippen LogP contribution is -2.41. The predicted molar refractivity (Wildman–Crippen MR) is 77.0 cm³/mol. The second-order valence-electron chi connectivity index (χ2n) is 6.15. The number of nitrogens with one attached hydrogen (secondary N) is 1. The molecule has 0 unspecified atom stereocenters. The minimum absolute atomic E-state index is 0.0913. The van der Waals surface area contributed by atoms with Crippen LogP contribution in [0.25, 0.3) is 5.65 Å². The molecule has 9 heteroatoms. The minimum Gasteiger partial charge on any atom is -0.364 e. The quantitative estimate of drug-likeness (QED) is 0.917. The molecule has 2 atom stereocenters. The van der Waals surface area contributed by atoms with Crippen molar-refractivity contribution in [2.75, 3.05) is 18.4 Å². The highest BCUT2D eigenvalue weighted by Gasteiger charge is 2.38. The zero-order chi connectivity index (χ0) is 16.0. The third-order valence-electron chi connectivity index (χ3n) is 4.71. The van der Waals surface area contributed by atoms with Crippen LogP contribution in [0.1, 0.15) is 31.5 Å². The van der Waals surface area contributed by atoms with Crippen LogP contribution in [0, 0.1) is 0 Å². The first-order valence-corrected chi connectivity index (χ1v) is 7.82. The summed E-state index contributed by atoms with van der Waals surface area (Å²) in [6.45, 7) is 2.14. The van der Waals surface area contributed by atoms with Crippen LogP contribution >= 0.6 is 0 Å². The van der Waals surface area contributed by atoms with Crippen LogP contribution in [0.3, 0.4) is 0 Å². The molecular formula is C14H17F3N6. The number of hydrogen-bond donors (Lipinski definition) is 1. The van der Waals surface area contributed by atoms with E-state index in [1.54, 1.807) is 6.07 Å². The van der Waals surface area contributed by atoms with Crippen LogP contribution in [0.15, 0.2) is 12.1 Å². The molecular weight excluding hydrogens is 309 g/mol. The largest absolute Gasteiger partial charge is 0.453 e. The summed E-state index contributed by atoms with van der Waals surface area (Å²) in [5, 5.41) is 14.1. The van der Waals surface area contributed by atoms with Crippen LogP contribution in [-0.2, 0) is 6.18 Å². The van der Waals surface area contributed by atoms with E-state index in [0.29, 0.717) is 11.9 Å². The summed E-state index contributed by atoms with van der Waals surface area (Å²) >= 11 is 0. The van der Waals surface area contributed by atoms with Crippen molar-refractivity contribution in [3.05, 3.63) is 18.0 Å². The van der Waals surface area contributed by atoms with Crippen LogP contribution in [0.5, 0.6) is 0 Å². The standard InChI is InChI=1S/C14H17F3N6/c15-14(16,17)13-20-19-12-5-4-11(21-23(12)13)18-9-6-8-22-7-2-1-3-10(9)22/h4-5,9-10H,1-3,6-8H2,(H,18,21)/t9-,10+/m1/s1. The monoisotopic (exact) mass is 326 g/mol. The Morgan fingerprint density at radius 2 is 1.96 bits per heavy atom.